The van der Waals surface area contributed by atoms with Crippen LogP contribution in [0.15, 0.2) is 14.7 Å². The molecule has 0 atom stereocenters. The van der Waals surface area contributed by atoms with Crippen LogP contribution in [0.1, 0.15) is 24.1 Å². The summed E-state index contributed by atoms with van der Waals surface area (Å²) < 4.78 is 27.3. The van der Waals surface area contributed by atoms with Crippen LogP contribution in [0, 0.1) is 6.92 Å². The van der Waals surface area contributed by atoms with Crippen molar-refractivity contribution in [1.82, 2.24) is 4.72 Å². The van der Waals surface area contributed by atoms with Crippen LogP contribution in [0.2, 0.25) is 0 Å². The molecule has 4 nitrogen and oxygen atoms in total. The van der Waals surface area contributed by atoms with Crippen molar-refractivity contribution >= 4 is 37.3 Å². The van der Waals surface area contributed by atoms with Crippen molar-refractivity contribution < 1.29 is 13.5 Å². The van der Waals surface area contributed by atoms with E-state index < -0.39 is 15.6 Å². The van der Waals surface area contributed by atoms with Crippen LogP contribution in [0.4, 0.5) is 0 Å². The zero-order valence-corrected chi connectivity index (χ0v) is 12.6. The molecule has 96 valence electrons. The van der Waals surface area contributed by atoms with Crippen molar-refractivity contribution in [2.75, 3.05) is 6.54 Å². The molecule has 1 heterocycles. The Morgan fingerprint density at radius 3 is 2.65 bits per heavy atom. The first-order valence-corrected chi connectivity index (χ1v) is 8.40. The minimum atomic E-state index is -3.51. The Labute approximate surface area is 113 Å². The van der Waals surface area contributed by atoms with E-state index in [1.165, 1.54) is 11.3 Å². The summed E-state index contributed by atoms with van der Waals surface area (Å²) in [6.45, 7) is 1.87. The van der Waals surface area contributed by atoms with Crippen molar-refractivity contribution in [3.05, 3.63) is 14.7 Å². The smallest absolute Gasteiger partial charge is 0.241 e. The van der Waals surface area contributed by atoms with Crippen molar-refractivity contribution in [2.24, 2.45) is 0 Å². The van der Waals surface area contributed by atoms with E-state index in [9.17, 15) is 13.5 Å². The Bertz CT molecular complexity index is 520. The lowest BCUT2D eigenvalue weighted by molar-refractivity contribution is -0.0270. The summed E-state index contributed by atoms with van der Waals surface area (Å²) in [5.74, 6) is 0. The number of hydrogen-bond donors (Lipinski definition) is 2. The van der Waals surface area contributed by atoms with E-state index in [1.54, 1.807) is 13.0 Å². The molecule has 7 heteroatoms. The van der Waals surface area contributed by atoms with E-state index >= 15 is 0 Å². The number of sulfonamides is 1. The van der Waals surface area contributed by atoms with Gasteiger partial charge in [0.15, 0.2) is 0 Å². The molecule has 0 spiro atoms. The largest absolute Gasteiger partial charge is 0.389 e. The highest BCUT2D eigenvalue weighted by Crippen LogP contribution is 2.32. The maximum Gasteiger partial charge on any atom is 0.241 e. The number of nitrogens with one attached hydrogen (secondary N) is 1. The van der Waals surface area contributed by atoms with Gasteiger partial charge < -0.3 is 5.11 Å². The highest BCUT2D eigenvalue weighted by molar-refractivity contribution is 9.11. The molecule has 2 N–H and O–H groups in total. The Morgan fingerprint density at radius 1 is 1.59 bits per heavy atom. The van der Waals surface area contributed by atoms with Crippen LogP contribution in [0.3, 0.4) is 0 Å². The van der Waals surface area contributed by atoms with Gasteiger partial charge in [0.1, 0.15) is 0 Å². The Morgan fingerprint density at radius 2 is 2.24 bits per heavy atom. The summed E-state index contributed by atoms with van der Waals surface area (Å²) in [6, 6.07) is 1.59. The molecular weight excluding hydrogens is 326 g/mol. The Kier molecular flexibility index (Phi) is 3.66. The fraction of sp³-hybridized carbons (Fsp3) is 0.600. The number of hydrogen-bond acceptors (Lipinski definition) is 4. The SMILES string of the molecule is Cc1sc(Br)cc1S(=O)(=O)NCC1(O)CCC1. The van der Waals surface area contributed by atoms with E-state index in [0.29, 0.717) is 12.8 Å². The molecule has 0 aromatic carbocycles. The van der Waals surface area contributed by atoms with Gasteiger partial charge in [0.2, 0.25) is 10.0 Å². The predicted molar refractivity (Wildman–Crippen MR) is 70.7 cm³/mol. The highest BCUT2D eigenvalue weighted by atomic mass is 79.9. The summed E-state index contributed by atoms with van der Waals surface area (Å²) in [6.07, 6.45) is 2.30. The average molecular weight is 340 g/mol. The van der Waals surface area contributed by atoms with Crippen LogP contribution >= 0.6 is 27.3 Å². The second-order valence-electron chi connectivity index (χ2n) is 4.37. The number of aliphatic hydroxyl groups is 1. The number of halogens is 1. The predicted octanol–water partition coefficient (Wildman–Crippen LogP) is 2.01. The third-order valence-electron chi connectivity index (χ3n) is 3.01. The molecule has 1 aromatic heterocycles. The highest BCUT2D eigenvalue weighted by Gasteiger charge is 2.35. The quantitative estimate of drug-likeness (QED) is 0.881. The van der Waals surface area contributed by atoms with Gasteiger partial charge in [0.05, 0.1) is 14.3 Å². The third kappa shape index (κ3) is 2.90. The normalized spacial score (nSPS) is 19.0. The second kappa shape index (κ2) is 4.62. The van der Waals surface area contributed by atoms with E-state index in [1.807, 2.05) is 0 Å². The van der Waals surface area contributed by atoms with Crippen molar-refractivity contribution in [2.45, 2.75) is 36.7 Å². The minimum Gasteiger partial charge on any atom is -0.389 e. The number of thiophene rings is 1. The Balaban J connectivity index is 2.11. The molecule has 1 saturated carbocycles. The van der Waals surface area contributed by atoms with E-state index in [0.717, 1.165) is 15.1 Å². The molecule has 1 aromatic rings. The van der Waals surface area contributed by atoms with Gasteiger partial charge in [-0.1, -0.05) is 0 Å². The zero-order chi connectivity index (χ0) is 12.7. The molecule has 0 amide bonds. The van der Waals surface area contributed by atoms with E-state index in [2.05, 4.69) is 20.7 Å². The lowest BCUT2D eigenvalue weighted by Crippen LogP contribution is -2.47. The standard InChI is InChI=1S/C10H14BrNO3S2/c1-7-8(5-9(11)16-7)17(14,15)12-6-10(13)3-2-4-10/h5,12-13H,2-4,6H2,1H3. The van der Waals surface area contributed by atoms with Crippen molar-refractivity contribution in [1.29, 1.82) is 0 Å². The Hall–Kier alpha value is 0.0500. The maximum atomic E-state index is 12.0. The van der Waals surface area contributed by atoms with Crippen LogP contribution in [0.25, 0.3) is 0 Å². The van der Waals surface area contributed by atoms with Gasteiger partial charge in [-0.25, -0.2) is 13.1 Å². The summed E-state index contributed by atoms with van der Waals surface area (Å²) in [5.41, 5.74) is -0.839. The van der Waals surface area contributed by atoms with E-state index in [-0.39, 0.29) is 11.4 Å². The summed E-state index contributed by atoms with van der Waals surface area (Å²) in [4.78, 5) is 1.03. The van der Waals surface area contributed by atoms with Crippen LogP contribution in [-0.2, 0) is 10.0 Å². The molecule has 0 saturated heterocycles. The molecule has 2 rings (SSSR count). The van der Waals surface area contributed by atoms with Gasteiger partial charge >= 0.3 is 0 Å². The van der Waals surface area contributed by atoms with E-state index in [4.69, 9.17) is 0 Å². The average Bonchev–Trinajstić information content (AvgIpc) is 2.53. The van der Waals surface area contributed by atoms with Gasteiger partial charge in [-0.15, -0.1) is 11.3 Å². The topological polar surface area (TPSA) is 66.4 Å². The first-order chi connectivity index (χ1) is 7.82. The maximum absolute atomic E-state index is 12.0. The van der Waals surface area contributed by atoms with Gasteiger partial charge in [0.25, 0.3) is 0 Å². The summed E-state index contributed by atoms with van der Waals surface area (Å²) in [7, 11) is -3.51. The summed E-state index contributed by atoms with van der Waals surface area (Å²) >= 11 is 4.65. The number of rotatable bonds is 4. The van der Waals surface area contributed by atoms with Crippen LogP contribution in [0.5, 0.6) is 0 Å². The molecule has 17 heavy (non-hydrogen) atoms. The molecular formula is C10H14BrNO3S2. The van der Waals surface area contributed by atoms with Crippen LogP contribution in [-0.4, -0.2) is 25.7 Å². The first kappa shape index (κ1) is 13.5. The fourth-order valence-corrected chi connectivity index (χ4v) is 5.30. The first-order valence-electron chi connectivity index (χ1n) is 5.30. The van der Waals surface area contributed by atoms with Gasteiger partial charge in [0, 0.05) is 11.4 Å². The molecule has 1 fully saturated rings. The molecule has 1 aliphatic rings. The van der Waals surface area contributed by atoms with Gasteiger partial charge in [-0.05, 0) is 48.2 Å². The lowest BCUT2D eigenvalue weighted by Gasteiger charge is -2.36. The zero-order valence-electron chi connectivity index (χ0n) is 9.36. The third-order valence-corrected chi connectivity index (χ3v) is 6.22. The fourth-order valence-electron chi connectivity index (χ4n) is 1.77. The monoisotopic (exact) mass is 339 g/mol. The van der Waals surface area contributed by atoms with Crippen molar-refractivity contribution in [3.8, 4) is 0 Å². The van der Waals surface area contributed by atoms with Crippen molar-refractivity contribution in [3.63, 3.8) is 0 Å². The lowest BCUT2D eigenvalue weighted by atomic mass is 9.81. The number of aryl methyl sites for hydroxylation is 1. The molecule has 1 aliphatic carbocycles. The molecule has 0 unspecified atom stereocenters. The second-order valence-corrected chi connectivity index (χ2v) is 8.74. The minimum absolute atomic E-state index is 0.0994. The van der Waals surface area contributed by atoms with Crippen LogP contribution < -0.4 is 4.72 Å². The molecule has 0 bridgehead atoms. The van der Waals surface area contributed by atoms with Gasteiger partial charge in [-0.2, -0.15) is 0 Å². The molecule has 0 aliphatic heterocycles. The molecule has 0 radical (unpaired) electrons. The van der Waals surface area contributed by atoms with Gasteiger partial charge in [-0.3, -0.25) is 0 Å². The summed E-state index contributed by atoms with van der Waals surface area (Å²) in [5, 5.41) is 9.86.